The van der Waals surface area contributed by atoms with Crippen LogP contribution in [-0.2, 0) is 10.0 Å². The van der Waals surface area contributed by atoms with E-state index in [0.29, 0.717) is 13.1 Å². The van der Waals surface area contributed by atoms with Crippen LogP contribution in [0.15, 0.2) is 12.7 Å². The van der Waals surface area contributed by atoms with E-state index < -0.39 is 20.8 Å². The number of nitrogens with one attached hydrogen (secondary N) is 1. The van der Waals surface area contributed by atoms with Gasteiger partial charge in [0, 0.05) is 18.6 Å². The lowest BCUT2D eigenvalue weighted by atomic mass is 10.1. The molecule has 0 aromatic carbocycles. The molecule has 0 aliphatic rings. The van der Waals surface area contributed by atoms with Crippen molar-refractivity contribution in [1.82, 2.24) is 9.62 Å². The van der Waals surface area contributed by atoms with Crippen molar-refractivity contribution in [3.8, 4) is 0 Å². The second-order valence-electron chi connectivity index (χ2n) is 4.90. The highest BCUT2D eigenvalue weighted by molar-refractivity contribution is 7.89. The van der Waals surface area contributed by atoms with E-state index >= 15 is 0 Å². The molecule has 1 unspecified atom stereocenters. The van der Waals surface area contributed by atoms with Gasteiger partial charge in [-0.25, -0.2) is 8.42 Å². The van der Waals surface area contributed by atoms with Crippen LogP contribution in [0.1, 0.15) is 27.7 Å². The molecule has 0 bridgehead atoms. The SMILES string of the molecule is C=CCN(C(C)(C)C)S(=O)(=O)C(C)CNC. The van der Waals surface area contributed by atoms with Gasteiger partial charge in [0.15, 0.2) is 0 Å². The van der Waals surface area contributed by atoms with Crippen molar-refractivity contribution in [1.29, 1.82) is 0 Å². The van der Waals surface area contributed by atoms with Crippen molar-refractivity contribution in [3.63, 3.8) is 0 Å². The zero-order valence-corrected chi connectivity index (χ0v) is 11.8. The van der Waals surface area contributed by atoms with Crippen LogP contribution in [0.2, 0.25) is 0 Å². The maximum atomic E-state index is 12.3. The largest absolute Gasteiger partial charge is 0.318 e. The predicted octanol–water partition coefficient (Wildman–Crippen LogP) is 1.21. The van der Waals surface area contributed by atoms with E-state index in [4.69, 9.17) is 0 Å². The van der Waals surface area contributed by atoms with Gasteiger partial charge in [-0.2, -0.15) is 4.31 Å². The Morgan fingerprint density at radius 3 is 2.25 bits per heavy atom. The Bertz CT molecular complexity index is 317. The summed E-state index contributed by atoms with van der Waals surface area (Å²) in [5.74, 6) is 0. The molecule has 0 saturated carbocycles. The molecule has 0 heterocycles. The lowest BCUT2D eigenvalue weighted by molar-refractivity contribution is 0.267. The monoisotopic (exact) mass is 248 g/mol. The second-order valence-corrected chi connectivity index (χ2v) is 7.18. The van der Waals surface area contributed by atoms with Crippen LogP contribution in [0.5, 0.6) is 0 Å². The fraction of sp³-hybridized carbons (Fsp3) is 0.818. The zero-order chi connectivity index (χ0) is 13.0. The van der Waals surface area contributed by atoms with Gasteiger partial charge >= 0.3 is 0 Å². The fourth-order valence-electron chi connectivity index (χ4n) is 1.49. The van der Waals surface area contributed by atoms with Gasteiger partial charge in [0.2, 0.25) is 10.0 Å². The van der Waals surface area contributed by atoms with Crippen molar-refractivity contribution in [3.05, 3.63) is 12.7 Å². The summed E-state index contributed by atoms with van der Waals surface area (Å²) in [6.07, 6.45) is 1.62. The average molecular weight is 248 g/mol. The van der Waals surface area contributed by atoms with Crippen LogP contribution in [-0.4, -0.2) is 43.6 Å². The summed E-state index contributed by atoms with van der Waals surface area (Å²) in [6, 6.07) is 0. The van der Waals surface area contributed by atoms with Gasteiger partial charge in [0.25, 0.3) is 0 Å². The quantitative estimate of drug-likeness (QED) is 0.719. The van der Waals surface area contributed by atoms with Gasteiger partial charge in [-0.3, -0.25) is 0 Å². The molecule has 4 nitrogen and oxygen atoms in total. The van der Waals surface area contributed by atoms with Gasteiger partial charge in [-0.1, -0.05) is 6.08 Å². The third kappa shape index (κ3) is 3.88. The Morgan fingerprint density at radius 1 is 1.44 bits per heavy atom. The smallest absolute Gasteiger partial charge is 0.218 e. The van der Waals surface area contributed by atoms with E-state index in [-0.39, 0.29) is 0 Å². The first-order valence-electron chi connectivity index (χ1n) is 5.45. The minimum Gasteiger partial charge on any atom is -0.318 e. The first kappa shape index (κ1) is 15.6. The molecule has 5 heteroatoms. The molecule has 0 amide bonds. The molecule has 1 atom stereocenters. The van der Waals surface area contributed by atoms with Gasteiger partial charge < -0.3 is 5.32 Å². The third-order valence-corrected chi connectivity index (χ3v) is 4.85. The number of rotatable bonds is 6. The van der Waals surface area contributed by atoms with Crippen molar-refractivity contribution in [2.75, 3.05) is 20.1 Å². The molecule has 0 aliphatic heterocycles. The Kier molecular flexibility index (Phi) is 5.65. The average Bonchev–Trinajstić information content (AvgIpc) is 2.12. The predicted molar refractivity (Wildman–Crippen MR) is 69.0 cm³/mol. The molecule has 0 radical (unpaired) electrons. The highest BCUT2D eigenvalue weighted by Crippen LogP contribution is 2.21. The summed E-state index contributed by atoms with van der Waals surface area (Å²) in [5.41, 5.74) is -0.422. The molecular weight excluding hydrogens is 224 g/mol. The molecule has 0 aliphatic carbocycles. The molecule has 0 aromatic heterocycles. The van der Waals surface area contributed by atoms with E-state index in [1.807, 2.05) is 20.8 Å². The highest BCUT2D eigenvalue weighted by atomic mass is 32.2. The van der Waals surface area contributed by atoms with E-state index in [2.05, 4.69) is 11.9 Å². The molecule has 1 N–H and O–H groups in total. The van der Waals surface area contributed by atoms with Gasteiger partial charge in [0.05, 0.1) is 5.25 Å². The standard InChI is InChI=1S/C11H24N2O2S/c1-7-8-13(11(3,4)5)16(14,15)10(2)9-12-6/h7,10,12H,1,8-9H2,2-6H3. The Balaban J connectivity index is 5.12. The van der Waals surface area contributed by atoms with Crippen LogP contribution in [0.4, 0.5) is 0 Å². The van der Waals surface area contributed by atoms with Crippen LogP contribution < -0.4 is 5.32 Å². The van der Waals surface area contributed by atoms with Gasteiger partial charge in [-0.05, 0) is 34.7 Å². The molecule has 0 fully saturated rings. The lowest BCUT2D eigenvalue weighted by Gasteiger charge is -2.35. The van der Waals surface area contributed by atoms with Gasteiger partial charge in [0.1, 0.15) is 0 Å². The van der Waals surface area contributed by atoms with Crippen LogP contribution >= 0.6 is 0 Å². The summed E-state index contributed by atoms with van der Waals surface area (Å²) in [7, 11) is -1.53. The Labute approximate surface area is 99.8 Å². The van der Waals surface area contributed by atoms with Crippen LogP contribution in [0.25, 0.3) is 0 Å². The fourth-order valence-corrected chi connectivity index (χ4v) is 3.38. The maximum absolute atomic E-state index is 12.3. The molecule has 96 valence electrons. The van der Waals surface area contributed by atoms with Crippen molar-refractivity contribution >= 4 is 10.0 Å². The third-order valence-electron chi connectivity index (χ3n) is 2.35. The van der Waals surface area contributed by atoms with Crippen molar-refractivity contribution < 1.29 is 8.42 Å². The van der Waals surface area contributed by atoms with Crippen molar-refractivity contribution in [2.24, 2.45) is 0 Å². The van der Waals surface area contributed by atoms with Gasteiger partial charge in [-0.15, -0.1) is 6.58 Å². The molecule has 16 heavy (non-hydrogen) atoms. The summed E-state index contributed by atoms with van der Waals surface area (Å²) < 4.78 is 26.1. The van der Waals surface area contributed by atoms with Crippen LogP contribution in [0.3, 0.4) is 0 Å². The number of hydrogen-bond donors (Lipinski definition) is 1. The highest BCUT2D eigenvalue weighted by Gasteiger charge is 2.35. The minimum atomic E-state index is -3.28. The molecule has 0 aromatic rings. The normalized spacial score (nSPS) is 15.1. The minimum absolute atomic E-state index is 0.347. The lowest BCUT2D eigenvalue weighted by Crippen LogP contribution is -2.50. The number of nitrogens with zero attached hydrogens (tertiary/aromatic N) is 1. The van der Waals surface area contributed by atoms with Crippen molar-refractivity contribution in [2.45, 2.75) is 38.5 Å². The topological polar surface area (TPSA) is 49.4 Å². The summed E-state index contributed by atoms with van der Waals surface area (Å²) >= 11 is 0. The number of sulfonamides is 1. The summed E-state index contributed by atoms with van der Waals surface area (Å²) in [5, 5.41) is 2.46. The summed E-state index contributed by atoms with van der Waals surface area (Å²) in [6.45, 7) is 11.8. The molecule has 0 rings (SSSR count). The van der Waals surface area contributed by atoms with E-state index in [0.717, 1.165) is 0 Å². The van der Waals surface area contributed by atoms with E-state index in [1.54, 1.807) is 20.0 Å². The first-order chi connectivity index (χ1) is 7.17. The first-order valence-corrected chi connectivity index (χ1v) is 6.95. The molecule has 0 saturated heterocycles. The van der Waals surface area contributed by atoms with Crippen LogP contribution in [0, 0.1) is 0 Å². The van der Waals surface area contributed by atoms with E-state index in [9.17, 15) is 8.42 Å². The Hall–Kier alpha value is -0.390. The zero-order valence-electron chi connectivity index (χ0n) is 10.9. The van der Waals surface area contributed by atoms with E-state index in [1.165, 1.54) is 4.31 Å². The molecule has 0 spiro atoms. The second kappa shape index (κ2) is 5.80. The maximum Gasteiger partial charge on any atom is 0.218 e. The summed E-state index contributed by atoms with van der Waals surface area (Å²) in [4.78, 5) is 0. The molecular formula is C11H24N2O2S. The number of hydrogen-bond acceptors (Lipinski definition) is 3. The Morgan fingerprint density at radius 2 is 1.94 bits per heavy atom.